The average Bonchev–Trinajstić information content (AvgIpc) is 3.20. The van der Waals surface area contributed by atoms with Gasteiger partial charge in [0.15, 0.2) is 0 Å². The van der Waals surface area contributed by atoms with Crippen molar-refractivity contribution in [3.8, 4) is 22.7 Å². The van der Waals surface area contributed by atoms with Crippen LogP contribution in [0.15, 0.2) is 84.1 Å². The molecule has 0 saturated carbocycles. The van der Waals surface area contributed by atoms with Gasteiger partial charge in [-0.3, -0.25) is 4.79 Å². The highest BCUT2D eigenvalue weighted by Crippen LogP contribution is 2.24. The second kappa shape index (κ2) is 8.81. The summed E-state index contributed by atoms with van der Waals surface area (Å²) in [5.41, 5.74) is 5.06. The Hall–Kier alpha value is -3.97. The van der Waals surface area contributed by atoms with Crippen LogP contribution in [0.5, 0.6) is 5.75 Å². The van der Waals surface area contributed by atoms with Crippen molar-refractivity contribution >= 4 is 23.7 Å². The Morgan fingerprint density at radius 3 is 2.58 bits per heavy atom. The van der Waals surface area contributed by atoms with Crippen LogP contribution in [0.25, 0.3) is 16.9 Å². The monoisotopic (exact) mass is 434 g/mol. The van der Waals surface area contributed by atoms with E-state index >= 15 is 0 Å². The van der Waals surface area contributed by atoms with E-state index in [1.54, 1.807) is 23.0 Å². The fraction of sp³-hybridized carbons (Fsp3) is 0. The van der Waals surface area contributed by atoms with E-state index in [4.69, 9.17) is 11.6 Å². The van der Waals surface area contributed by atoms with Gasteiger partial charge in [0.25, 0.3) is 5.91 Å². The molecule has 6 nitrogen and oxygen atoms in total. The number of hydrazone groups is 1. The van der Waals surface area contributed by atoms with Crippen LogP contribution >= 0.6 is 11.6 Å². The lowest BCUT2D eigenvalue weighted by Crippen LogP contribution is -2.17. The van der Waals surface area contributed by atoms with Crippen molar-refractivity contribution in [2.75, 3.05) is 0 Å². The molecule has 1 aromatic heterocycles. The van der Waals surface area contributed by atoms with Crippen molar-refractivity contribution < 1.29 is 14.3 Å². The largest absolute Gasteiger partial charge is 0.507 e. The Bertz CT molecular complexity index is 1250. The first-order valence-electron chi connectivity index (χ1n) is 9.24. The third-order valence-electron chi connectivity index (χ3n) is 4.45. The molecule has 4 rings (SSSR count). The number of aromatic nitrogens is 2. The SMILES string of the molecule is O=C(NN=Cc1cn(-c2ccccc2)nc1-c1ccc(F)cc1)c1cc(Cl)ccc1O. The summed E-state index contributed by atoms with van der Waals surface area (Å²) in [6, 6.07) is 19.6. The maximum absolute atomic E-state index is 13.4. The molecule has 1 amide bonds. The molecule has 1 heterocycles. The molecule has 3 aromatic carbocycles. The van der Waals surface area contributed by atoms with Crippen molar-refractivity contribution in [2.24, 2.45) is 5.10 Å². The molecule has 0 aliphatic heterocycles. The van der Waals surface area contributed by atoms with Crippen molar-refractivity contribution in [1.29, 1.82) is 0 Å². The highest BCUT2D eigenvalue weighted by Gasteiger charge is 2.13. The van der Waals surface area contributed by atoms with Crippen LogP contribution in [0, 0.1) is 5.82 Å². The zero-order chi connectivity index (χ0) is 21.8. The first-order chi connectivity index (χ1) is 15.0. The van der Waals surface area contributed by atoms with E-state index < -0.39 is 5.91 Å². The van der Waals surface area contributed by atoms with Gasteiger partial charge in [-0.05, 0) is 54.6 Å². The van der Waals surface area contributed by atoms with Crippen LogP contribution in [-0.4, -0.2) is 27.0 Å². The normalized spacial score (nSPS) is 11.0. The summed E-state index contributed by atoms with van der Waals surface area (Å²) in [4.78, 5) is 12.3. The van der Waals surface area contributed by atoms with Gasteiger partial charge in [0.2, 0.25) is 0 Å². The van der Waals surface area contributed by atoms with E-state index in [0.717, 1.165) is 5.69 Å². The number of rotatable bonds is 5. The molecule has 0 unspecified atom stereocenters. The van der Waals surface area contributed by atoms with E-state index in [9.17, 15) is 14.3 Å². The van der Waals surface area contributed by atoms with Gasteiger partial charge >= 0.3 is 0 Å². The van der Waals surface area contributed by atoms with Crippen molar-refractivity contribution in [2.45, 2.75) is 0 Å². The number of amides is 1. The minimum Gasteiger partial charge on any atom is -0.507 e. The lowest BCUT2D eigenvalue weighted by atomic mass is 10.1. The standard InChI is InChI=1S/C23H16ClFN4O2/c24-17-8-11-21(30)20(12-17)23(31)27-26-13-16-14-29(19-4-2-1-3-5-19)28-22(16)15-6-9-18(25)10-7-15/h1-14,30H,(H,27,31). The number of hydrogen-bond acceptors (Lipinski definition) is 4. The molecule has 2 N–H and O–H groups in total. The number of benzene rings is 3. The third-order valence-corrected chi connectivity index (χ3v) is 4.69. The summed E-state index contributed by atoms with van der Waals surface area (Å²) >= 11 is 5.88. The maximum Gasteiger partial charge on any atom is 0.275 e. The van der Waals surface area contributed by atoms with Gasteiger partial charge < -0.3 is 5.11 Å². The summed E-state index contributed by atoms with van der Waals surface area (Å²) in [7, 11) is 0. The molecule has 0 atom stereocenters. The Balaban J connectivity index is 1.64. The molecule has 0 bridgehead atoms. The smallest absolute Gasteiger partial charge is 0.275 e. The highest BCUT2D eigenvalue weighted by molar-refractivity contribution is 6.31. The summed E-state index contributed by atoms with van der Waals surface area (Å²) in [6.45, 7) is 0. The molecule has 0 spiro atoms. The number of nitrogens with zero attached hydrogens (tertiary/aromatic N) is 3. The Morgan fingerprint density at radius 1 is 1.10 bits per heavy atom. The predicted molar refractivity (Wildman–Crippen MR) is 117 cm³/mol. The van der Waals surface area contributed by atoms with Crippen LogP contribution in [0.1, 0.15) is 15.9 Å². The molecule has 0 aliphatic rings. The van der Waals surface area contributed by atoms with Crippen LogP contribution in [0.2, 0.25) is 5.02 Å². The minimum atomic E-state index is -0.616. The van der Waals surface area contributed by atoms with E-state index in [1.165, 1.54) is 36.5 Å². The average molecular weight is 435 g/mol. The van der Waals surface area contributed by atoms with Gasteiger partial charge in [0.1, 0.15) is 17.3 Å². The fourth-order valence-corrected chi connectivity index (χ4v) is 3.11. The number of halogens is 2. The third kappa shape index (κ3) is 4.62. The molecule has 0 fully saturated rings. The number of aromatic hydroxyl groups is 1. The molecule has 4 aromatic rings. The Labute approximate surface area is 182 Å². The number of hydrogen-bond donors (Lipinski definition) is 2. The summed E-state index contributed by atoms with van der Waals surface area (Å²) in [5.74, 6) is -1.17. The number of phenolic OH excluding ortho intramolecular Hbond substituents is 1. The number of carbonyl (C=O) groups is 1. The van der Waals surface area contributed by atoms with Crippen LogP contribution in [-0.2, 0) is 0 Å². The lowest BCUT2D eigenvalue weighted by Gasteiger charge is -2.03. The molecular formula is C23H16ClFN4O2. The molecule has 0 saturated heterocycles. The lowest BCUT2D eigenvalue weighted by molar-refractivity contribution is 0.0952. The van der Waals surface area contributed by atoms with E-state index in [-0.39, 0.29) is 17.1 Å². The molecular weight excluding hydrogens is 419 g/mol. The van der Waals surface area contributed by atoms with Crippen LogP contribution < -0.4 is 5.43 Å². The molecule has 0 radical (unpaired) electrons. The van der Waals surface area contributed by atoms with Gasteiger partial charge in [0.05, 0.1) is 17.5 Å². The zero-order valence-corrected chi connectivity index (χ0v) is 16.8. The number of carbonyl (C=O) groups excluding carboxylic acids is 1. The van der Waals surface area contributed by atoms with E-state index in [0.29, 0.717) is 21.8 Å². The zero-order valence-electron chi connectivity index (χ0n) is 16.0. The van der Waals surface area contributed by atoms with Crippen molar-refractivity contribution in [1.82, 2.24) is 15.2 Å². The minimum absolute atomic E-state index is 0.00314. The number of phenols is 1. The van der Waals surface area contributed by atoms with Crippen LogP contribution in [0.4, 0.5) is 4.39 Å². The summed E-state index contributed by atoms with van der Waals surface area (Å²) < 4.78 is 15.0. The predicted octanol–water partition coefficient (Wildman–Crippen LogP) is 4.80. The van der Waals surface area contributed by atoms with Crippen molar-refractivity contribution in [3.63, 3.8) is 0 Å². The molecule has 8 heteroatoms. The maximum atomic E-state index is 13.4. The topological polar surface area (TPSA) is 79.5 Å². The summed E-state index contributed by atoms with van der Waals surface area (Å²) in [5, 5.41) is 18.8. The van der Waals surface area contributed by atoms with E-state index in [1.807, 2.05) is 30.3 Å². The molecule has 0 aliphatic carbocycles. The Morgan fingerprint density at radius 2 is 1.84 bits per heavy atom. The first-order valence-corrected chi connectivity index (χ1v) is 9.62. The number of nitrogens with one attached hydrogen (secondary N) is 1. The molecule has 31 heavy (non-hydrogen) atoms. The van der Waals surface area contributed by atoms with Crippen molar-refractivity contribution in [3.05, 3.63) is 101 Å². The fourth-order valence-electron chi connectivity index (χ4n) is 2.94. The summed E-state index contributed by atoms with van der Waals surface area (Å²) in [6.07, 6.45) is 3.19. The Kier molecular flexibility index (Phi) is 5.77. The van der Waals surface area contributed by atoms with Crippen LogP contribution in [0.3, 0.4) is 0 Å². The number of para-hydroxylation sites is 1. The second-order valence-electron chi connectivity index (χ2n) is 6.58. The van der Waals surface area contributed by atoms with Gasteiger partial charge in [-0.15, -0.1) is 0 Å². The second-order valence-corrected chi connectivity index (χ2v) is 7.02. The van der Waals surface area contributed by atoms with Gasteiger partial charge in [-0.1, -0.05) is 29.8 Å². The first kappa shape index (κ1) is 20.3. The van der Waals surface area contributed by atoms with Gasteiger partial charge in [-0.25, -0.2) is 14.5 Å². The van der Waals surface area contributed by atoms with Gasteiger partial charge in [-0.2, -0.15) is 10.2 Å². The van der Waals surface area contributed by atoms with Gasteiger partial charge in [0, 0.05) is 22.3 Å². The highest BCUT2D eigenvalue weighted by atomic mass is 35.5. The van der Waals surface area contributed by atoms with E-state index in [2.05, 4.69) is 15.6 Å². The quantitative estimate of drug-likeness (QED) is 0.349. The molecule has 154 valence electrons.